The van der Waals surface area contributed by atoms with E-state index in [4.69, 9.17) is 0 Å². The van der Waals surface area contributed by atoms with Gasteiger partial charge in [0, 0.05) is 18.5 Å². The quantitative estimate of drug-likeness (QED) is 0.765. The van der Waals surface area contributed by atoms with Gasteiger partial charge in [-0.2, -0.15) is 0 Å². The fourth-order valence-corrected chi connectivity index (χ4v) is 3.42. The van der Waals surface area contributed by atoms with Crippen LogP contribution >= 0.6 is 0 Å². The standard InChI is InChI=1S/C20H24N2O/c1-2-14-22(15-16-8-4-3-5-9-16)20(23)19-13-12-17-10-6-7-11-18(17)21-19/h2,6-7,10-13,16H,1,3-5,8-9,14-15H2. The Kier molecular flexibility index (Phi) is 5.06. The van der Waals surface area contributed by atoms with Crippen molar-refractivity contribution in [2.45, 2.75) is 32.1 Å². The lowest BCUT2D eigenvalue weighted by molar-refractivity contribution is 0.0730. The van der Waals surface area contributed by atoms with Crippen molar-refractivity contribution in [2.24, 2.45) is 5.92 Å². The maximum absolute atomic E-state index is 12.9. The fourth-order valence-electron chi connectivity index (χ4n) is 3.42. The van der Waals surface area contributed by atoms with Crippen LogP contribution in [0.15, 0.2) is 49.1 Å². The Morgan fingerprint density at radius 3 is 2.74 bits per heavy atom. The number of carbonyl (C=O) groups is 1. The number of pyridine rings is 1. The Morgan fingerprint density at radius 1 is 1.17 bits per heavy atom. The molecule has 120 valence electrons. The summed E-state index contributed by atoms with van der Waals surface area (Å²) in [7, 11) is 0. The molecule has 3 rings (SSSR count). The van der Waals surface area contributed by atoms with E-state index >= 15 is 0 Å². The Labute approximate surface area is 138 Å². The summed E-state index contributed by atoms with van der Waals surface area (Å²) < 4.78 is 0. The van der Waals surface area contributed by atoms with Crippen molar-refractivity contribution in [3.8, 4) is 0 Å². The first-order valence-corrected chi connectivity index (χ1v) is 8.54. The minimum atomic E-state index is 0.0150. The van der Waals surface area contributed by atoms with E-state index in [1.807, 2.05) is 47.4 Å². The third-order valence-electron chi connectivity index (χ3n) is 4.66. The van der Waals surface area contributed by atoms with Gasteiger partial charge in [-0.05, 0) is 30.9 Å². The molecule has 23 heavy (non-hydrogen) atoms. The van der Waals surface area contributed by atoms with Gasteiger partial charge < -0.3 is 4.90 Å². The van der Waals surface area contributed by atoms with Crippen LogP contribution in [0.25, 0.3) is 10.9 Å². The van der Waals surface area contributed by atoms with Gasteiger partial charge in [0.1, 0.15) is 5.69 Å². The SMILES string of the molecule is C=CCN(CC1CCCCC1)C(=O)c1ccc2ccccc2n1. The average molecular weight is 308 g/mol. The van der Waals surface area contributed by atoms with Crippen molar-refractivity contribution in [3.63, 3.8) is 0 Å². The van der Waals surface area contributed by atoms with Crippen LogP contribution in [0.5, 0.6) is 0 Å². The second-order valence-corrected chi connectivity index (χ2v) is 6.39. The topological polar surface area (TPSA) is 33.2 Å². The summed E-state index contributed by atoms with van der Waals surface area (Å²) in [5, 5.41) is 1.06. The highest BCUT2D eigenvalue weighted by Crippen LogP contribution is 2.25. The maximum atomic E-state index is 12.9. The molecule has 1 aliphatic rings. The summed E-state index contributed by atoms with van der Waals surface area (Å²) in [6.07, 6.45) is 8.17. The lowest BCUT2D eigenvalue weighted by Crippen LogP contribution is -2.36. The molecule has 2 aromatic rings. The van der Waals surface area contributed by atoms with E-state index < -0.39 is 0 Å². The molecule has 3 heteroatoms. The lowest BCUT2D eigenvalue weighted by atomic mass is 9.89. The molecule has 0 bridgehead atoms. The molecule has 1 aromatic carbocycles. The lowest BCUT2D eigenvalue weighted by Gasteiger charge is -2.29. The predicted octanol–water partition coefficient (Wildman–Crippen LogP) is 4.44. The number of hydrogen-bond donors (Lipinski definition) is 0. The first kappa shape index (κ1) is 15.7. The summed E-state index contributed by atoms with van der Waals surface area (Å²) in [4.78, 5) is 19.3. The average Bonchev–Trinajstić information content (AvgIpc) is 2.61. The van der Waals surface area contributed by atoms with Crippen molar-refractivity contribution >= 4 is 16.8 Å². The number of rotatable bonds is 5. The number of nitrogens with zero attached hydrogens (tertiary/aromatic N) is 2. The van der Waals surface area contributed by atoms with Gasteiger partial charge in [-0.1, -0.05) is 49.6 Å². The number of fused-ring (bicyclic) bond motifs is 1. The van der Waals surface area contributed by atoms with Gasteiger partial charge in [-0.3, -0.25) is 4.79 Å². The van der Waals surface area contributed by atoms with E-state index in [-0.39, 0.29) is 5.91 Å². The highest BCUT2D eigenvalue weighted by Gasteiger charge is 2.22. The molecular weight excluding hydrogens is 284 g/mol. The van der Waals surface area contributed by atoms with Crippen LogP contribution in [0.1, 0.15) is 42.6 Å². The molecule has 1 amide bonds. The van der Waals surface area contributed by atoms with Crippen LogP contribution in [0.3, 0.4) is 0 Å². The number of benzene rings is 1. The Hall–Kier alpha value is -2.16. The molecule has 0 aliphatic heterocycles. The van der Waals surface area contributed by atoms with Gasteiger partial charge in [-0.25, -0.2) is 4.98 Å². The van der Waals surface area contributed by atoms with Crippen LogP contribution in [-0.2, 0) is 0 Å². The zero-order chi connectivity index (χ0) is 16.1. The summed E-state index contributed by atoms with van der Waals surface area (Å²) >= 11 is 0. The van der Waals surface area contributed by atoms with Gasteiger partial charge >= 0.3 is 0 Å². The number of para-hydroxylation sites is 1. The summed E-state index contributed by atoms with van der Waals surface area (Å²) in [5.74, 6) is 0.634. The van der Waals surface area contributed by atoms with E-state index in [1.54, 1.807) is 0 Å². The molecule has 1 saturated carbocycles. The zero-order valence-electron chi connectivity index (χ0n) is 13.6. The van der Waals surface area contributed by atoms with E-state index in [9.17, 15) is 4.79 Å². The molecule has 3 nitrogen and oxygen atoms in total. The molecular formula is C20H24N2O. The van der Waals surface area contributed by atoms with Crippen LogP contribution < -0.4 is 0 Å². The first-order valence-electron chi connectivity index (χ1n) is 8.54. The van der Waals surface area contributed by atoms with Crippen LogP contribution in [0.2, 0.25) is 0 Å². The molecule has 0 N–H and O–H groups in total. The second kappa shape index (κ2) is 7.40. The normalized spacial score (nSPS) is 15.5. The van der Waals surface area contributed by atoms with E-state index in [0.717, 1.165) is 17.4 Å². The number of hydrogen-bond acceptors (Lipinski definition) is 2. The van der Waals surface area contributed by atoms with Crippen molar-refractivity contribution in [2.75, 3.05) is 13.1 Å². The Bertz CT molecular complexity index is 689. The van der Waals surface area contributed by atoms with Gasteiger partial charge in [-0.15, -0.1) is 6.58 Å². The van der Waals surface area contributed by atoms with Gasteiger partial charge in [0.15, 0.2) is 0 Å². The zero-order valence-corrected chi connectivity index (χ0v) is 13.6. The van der Waals surface area contributed by atoms with Crippen molar-refractivity contribution in [1.82, 2.24) is 9.88 Å². The fraction of sp³-hybridized carbons (Fsp3) is 0.400. The number of amides is 1. The molecule has 0 radical (unpaired) electrons. The third kappa shape index (κ3) is 3.79. The highest BCUT2D eigenvalue weighted by molar-refractivity contribution is 5.95. The van der Waals surface area contributed by atoms with Crippen molar-refractivity contribution < 1.29 is 4.79 Å². The Balaban J connectivity index is 1.79. The summed E-state index contributed by atoms with van der Waals surface area (Å²) in [6, 6.07) is 11.7. The molecule has 0 atom stereocenters. The highest BCUT2D eigenvalue weighted by atomic mass is 16.2. The molecule has 0 unspecified atom stereocenters. The molecule has 1 fully saturated rings. The van der Waals surface area contributed by atoms with E-state index in [2.05, 4.69) is 11.6 Å². The summed E-state index contributed by atoms with van der Waals surface area (Å²) in [6.45, 7) is 5.21. The van der Waals surface area contributed by atoms with Gasteiger partial charge in [0.05, 0.1) is 5.52 Å². The van der Waals surface area contributed by atoms with Gasteiger partial charge in [0.25, 0.3) is 5.91 Å². The number of carbonyl (C=O) groups excluding carboxylic acids is 1. The summed E-state index contributed by atoms with van der Waals surface area (Å²) in [5.41, 5.74) is 1.40. The molecule has 1 heterocycles. The predicted molar refractivity (Wildman–Crippen MR) is 94.4 cm³/mol. The van der Waals surface area contributed by atoms with E-state index in [0.29, 0.717) is 18.2 Å². The van der Waals surface area contributed by atoms with E-state index in [1.165, 1.54) is 32.1 Å². The monoisotopic (exact) mass is 308 g/mol. The largest absolute Gasteiger partial charge is 0.333 e. The first-order chi connectivity index (χ1) is 11.3. The Morgan fingerprint density at radius 2 is 1.96 bits per heavy atom. The third-order valence-corrected chi connectivity index (χ3v) is 4.66. The maximum Gasteiger partial charge on any atom is 0.272 e. The molecule has 0 saturated heterocycles. The molecule has 0 spiro atoms. The van der Waals surface area contributed by atoms with Crippen LogP contribution in [-0.4, -0.2) is 28.9 Å². The van der Waals surface area contributed by atoms with Crippen LogP contribution in [0.4, 0.5) is 0 Å². The van der Waals surface area contributed by atoms with Gasteiger partial charge in [0.2, 0.25) is 0 Å². The smallest absolute Gasteiger partial charge is 0.272 e. The molecule has 1 aliphatic carbocycles. The molecule has 1 aromatic heterocycles. The van der Waals surface area contributed by atoms with Crippen molar-refractivity contribution in [1.29, 1.82) is 0 Å². The minimum absolute atomic E-state index is 0.0150. The number of aromatic nitrogens is 1. The van der Waals surface area contributed by atoms with Crippen molar-refractivity contribution in [3.05, 3.63) is 54.7 Å². The van der Waals surface area contributed by atoms with Crippen LogP contribution in [0, 0.1) is 5.92 Å². The minimum Gasteiger partial charge on any atom is -0.333 e. The second-order valence-electron chi connectivity index (χ2n) is 6.39.